The van der Waals surface area contributed by atoms with Crippen molar-refractivity contribution < 1.29 is 50.2 Å². The zero-order valence-electron chi connectivity index (χ0n) is 28.9. The Balaban J connectivity index is 1.49. The van der Waals surface area contributed by atoms with E-state index in [1.54, 1.807) is 38.1 Å². The number of benzene rings is 3. The number of alkyl halides is 5. The van der Waals surface area contributed by atoms with Crippen LogP contribution in [0.4, 0.5) is 42.5 Å². The third-order valence-corrected chi connectivity index (χ3v) is 8.27. The number of urea groups is 1. The molecule has 3 aromatic rings. The summed E-state index contributed by atoms with van der Waals surface area (Å²) in [5, 5.41) is 2.33. The van der Waals surface area contributed by atoms with Gasteiger partial charge in [0.1, 0.15) is 18.2 Å². The number of ether oxygens (including phenoxy) is 2. The zero-order valence-corrected chi connectivity index (χ0v) is 29.7. The second-order valence-electron chi connectivity index (χ2n) is 11.8. The molecule has 4 amide bonds. The molecule has 0 atom stereocenters. The summed E-state index contributed by atoms with van der Waals surface area (Å²) in [5.41, 5.74) is 8.11. The molecule has 1 heterocycles. The van der Waals surface area contributed by atoms with Gasteiger partial charge in [0.25, 0.3) is 11.8 Å². The Morgan fingerprint density at radius 2 is 1.74 bits per heavy atom. The number of amidine groups is 1. The first kappa shape index (κ1) is 40.5. The molecule has 0 bridgehead atoms. The smallest absolute Gasteiger partial charge is 0.406 e. The number of amides is 4. The predicted octanol–water partition coefficient (Wildman–Crippen LogP) is 8.24. The van der Waals surface area contributed by atoms with E-state index in [1.807, 2.05) is 0 Å². The van der Waals surface area contributed by atoms with Gasteiger partial charge in [-0.3, -0.25) is 14.5 Å². The number of likely N-dealkylation sites (N-methyl/N-ethyl adjacent to an activating group) is 1. The maximum atomic E-state index is 15.3. The maximum Gasteiger partial charge on any atom is 0.573 e. The molecule has 0 radical (unpaired) electrons. The molecule has 4 rings (SSSR count). The number of aryl methyl sites for hydroxylation is 1. The summed E-state index contributed by atoms with van der Waals surface area (Å²) < 4.78 is 88.5. The minimum absolute atomic E-state index is 0.0103. The van der Waals surface area contributed by atoms with Gasteiger partial charge in [-0.05, 0) is 67.4 Å². The van der Waals surface area contributed by atoms with Crippen molar-refractivity contribution in [2.24, 2.45) is 10.7 Å². The number of halogens is 6. The SMILES string of the molecule is CC/C=C(/C=C(\N)c1ccc(NC(=O)/N=C2\SCC(=O)N2c2cc(C)ccc2COCC(C)(F)F)c(F)c1)N(C)C(=O)c1ccc(OC(F)(F)F)cc1. The molecule has 0 unspecified atom stereocenters. The number of aliphatic imine (C=N–C) groups is 1. The van der Waals surface area contributed by atoms with Crippen LogP contribution in [0.5, 0.6) is 5.75 Å². The highest BCUT2D eigenvalue weighted by atomic mass is 32.2. The van der Waals surface area contributed by atoms with Crippen molar-refractivity contribution in [3.63, 3.8) is 0 Å². The van der Waals surface area contributed by atoms with Gasteiger partial charge in [-0.25, -0.2) is 18.0 Å². The summed E-state index contributed by atoms with van der Waals surface area (Å²) >= 11 is 0.968. The van der Waals surface area contributed by atoms with Crippen LogP contribution < -0.4 is 20.7 Å². The van der Waals surface area contributed by atoms with Gasteiger partial charge in [0.2, 0.25) is 5.91 Å². The Labute approximate surface area is 305 Å². The summed E-state index contributed by atoms with van der Waals surface area (Å²) in [6, 6.07) is 12.1. The molecule has 0 saturated carbocycles. The van der Waals surface area contributed by atoms with Gasteiger partial charge >= 0.3 is 12.4 Å². The largest absolute Gasteiger partial charge is 0.573 e. The molecule has 1 aliphatic heterocycles. The van der Waals surface area contributed by atoms with Crippen LogP contribution in [0.15, 0.2) is 83.5 Å². The molecule has 1 saturated heterocycles. The van der Waals surface area contributed by atoms with Crippen LogP contribution in [0.3, 0.4) is 0 Å². The van der Waals surface area contributed by atoms with Crippen LogP contribution in [0.2, 0.25) is 0 Å². The Morgan fingerprint density at radius 3 is 2.36 bits per heavy atom. The normalized spacial score (nSPS) is 14.9. The summed E-state index contributed by atoms with van der Waals surface area (Å²) in [6.45, 7) is 3.22. The lowest BCUT2D eigenvalue weighted by molar-refractivity contribution is -0.274. The first-order valence-corrected chi connectivity index (χ1v) is 16.9. The monoisotopic (exact) mass is 763 g/mol. The van der Waals surface area contributed by atoms with Crippen LogP contribution >= 0.6 is 11.8 Å². The number of carbonyl (C=O) groups is 3. The number of carbonyl (C=O) groups excluding carboxylic acids is 3. The number of hydrogen-bond donors (Lipinski definition) is 2. The standard InChI is InChI=1S/C36H35F6N5O5S/c1-5-6-25(46(4)32(49)22-9-12-26(13-10-22)52-36(40,41)42)17-28(43)23-11-14-29(27(37)16-23)44-33(50)45-34-47(31(48)19-53-34)30-15-21(2)7-8-24(30)18-51-20-35(3,38)39/h6-17H,5,18-20,43H2,1-4H3,(H,44,50)/b25-6-,28-17-,45-34-. The van der Waals surface area contributed by atoms with E-state index in [0.717, 1.165) is 42.4 Å². The third kappa shape index (κ3) is 11.3. The highest BCUT2D eigenvalue weighted by Crippen LogP contribution is 2.32. The first-order valence-electron chi connectivity index (χ1n) is 15.9. The quantitative estimate of drug-likeness (QED) is 0.141. The molecule has 282 valence electrons. The lowest BCUT2D eigenvalue weighted by Gasteiger charge is -2.21. The summed E-state index contributed by atoms with van der Waals surface area (Å²) in [7, 11) is 1.44. The number of allylic oxidation sites excluding steroid dienone is 2. The van der Waals surface area contributed by atoms with Gasteiger partial charge in [-0.2, -0.15) is 4.99 Å². The van der Waals surface area contributed by atoms with Crippen molar-refractivity contribution in [1.82, 2.24) is 4.90 Å². The predicted molar refractivity (Wildman–Crippen MR) is 190 cm³/mol. The van der Waals surface area contributed by atoms with E-state index >= 15 is 4.39 Å². The number of thioether (sulfide) groups is 1. The lowest BCUT2D eigenvalue weighted by atomic mass is 10.1. The van der Waals surface area contributed by atoms with Crippen molar-refractivity contribution in [2.45, 2.75) is 46.1 Å². The van der Waals surface area contributed by atoms with Gasteiger partial charge in [0.15, 0.2) is 5.17 Å². The average Bonchev–Trinajstić information content (AvgIpc) is 3.43. The van der Waals surface area contributed by atoms with Crippen molar-refractivity contribution in [1.29, 1.82) is 0 Å². The Hall–Kier alpha value is -5.29. The van der Waals surface area contributed by atoms with Crippen LogP contribution in [0.25, 0.3) is 5.70 Å². The van der Waals surface area contributed by atoms with Gasteiger partial charge in [-0.1, -0.05) is 43.0 Å². The molecular formula is C36H35F6N5O5S. The summed E-state index contributed by atoms with van der Waals surface area (Å²) in [6.07, 6.45) is -1.33. The van der Waals surface area contributed by atoms with Crippen molar-refractivity contribution >= 4 is 51.8 Å². The number of nitrogens with one attached hydrogen (secondary N) is 1. The lowest BCUT2D eigenvalue weighted by Crippen LogP contribution is -2.31. The molecule has 0 aromatic heterocycles. The highest BCUT2D eigenvalue weighted by molar-refractivity contribution is 8.15. The molecule has 0 aliphatic carbocycles. The number of hydrogen-bond acceptors (Lipinski definition) is 7. The fraction of sp³-hybridized carbons (Fsp3) is 0.278. The molecule has 0 spiro atoms. The van der Waals surface area contributed by atoms with Gasteiger partial charge < -0.3 is 25.4 Å². The molecule has 3 N–H and O–H groups in total. The van der Waals surface area contributed by atoms with E-state index < -0.39 is 48.3 Å². The minimum atomic E-state index is -4.89. The second-order valence-corrected chi connectivity index (χ2v) is 12.7. The van der Waals surface area contributed by atoms with Crippen LogP contribution in [-0.2, 0) is 16.1 Å². The van der Waals surface area contributed by atoms with E-state index in [0.29, 0.717) is 23.4 Å². The second kappa shape index (κ2) is 17.0. The zero-order chi connectivity index (χ0) is 39.1. The molecule has 1 fully saturated rings. The topological polar surface area (TPSA) is 127 Å². The van der Waals surface area contributed by atoms with E-state index in [-0.39, 0.29) is 40.0 Å². The molecule has 1 aliphatic rings. The van der Waals surface area contributed by atoms with Crippen LogP contribution in [0, 0.1) is 12.7 Å². The first-order chi connectivity index (χ1) is 24.8. The van der Waals surface area contributed by atoms with E-state index in [2.05, 4.69) is 15.0 Å². The van der Waals surface area contributed by atoms with Crippen LogP contribution in [0.1, 0.15) is 47.3 Å². The number of nitrogens with zero attached hydrogens (tertiary/aromatic N) is 3. The molecule has 3 aromatic carbocycles. The van der Waals surface area contributed by atoms with Crippen LogP contribution in [-0.4, -0.2) is 59.6 Å². The molecule has 17 heteroatoms. The van der Waals surface area contributed by atoms with E-state index in [9.17, 15) is 36.3 Å². The summed E-state index contributed by atoms with van der Waals surface area (Å²) in [5.74, 6) is -5.46. The molecule has 53 heavy (non-hydrogen) atoms. The van der Waals surface area contributed by atoms with Gasteiger partial charge in [0.05, 0.1) is 23.7 Å². The van der Waals surface area contributed by atoms with Crippen molar-refractivity contribution in [3.05, 3.63) is 107 Å². The fourth-order valence-electron chi connectivity index (χ4n) is 4.91. The summed E-state index contributed by atoms with van der Waals surface area (Å²) in [4.78, 5) is 45.3. The maximum absolute atomic E-state index is 15.3. The molecule has 10 nitrogen and oxygen atoms in total. The van der Waals surface area contributed by atoms with Gasteiger partial charge in [0, 0.05) is 42.1 Å². The fourth-order valence-corrected chi connectivity index (χ4v) is 5.77. The number of anilines is 2. The third-order valence-electron chi connectivity index (χ3n) is 7.34. The Bertz CT molecular complexity index is 1940. The van der Waals surface area contributed by atoms with E-state index in [1.165, 1.54) is 47.2 Å². The van der Waals surface area contributed by atoms with Crippen molar-refractivity contribution in [3.8, 4) is 5.75 Å². The number of rotatable bonds is 12. The minimum Gasteiger partial charge on any atom is -0.406 e. The van der Waals surface area contributed by atoms with Crippen molar-refractivity contribution in [2.75, 3.05) is 29.6 Å². The average molecular weight is 764 g/mol. The number of nitrogens with two attached hydrogens (primary N) is 1. The van der Waals surface area contributed by atoms with Gasteiger partial charge in [-0.15, -0.1) is 13.2 Å². The Kier molecular flexibility index (Phi) is 13.0. The molecular weight excluding hydrogens is 728 g/mol. The van der Waals surface area contributed by atoms with E-state index in [4.69, 9.17) is 10.5 Å². The highest BCUT2D eigenvalue weighted by Gasteiger charge is 2.33. The Morgan fingerprint density at radius 1 is 1.06 bits per heavy atom.